The van der Waals surface area contributed by atoms with Crippen LogP contribution in [0.5, 0.6) is 0 Å². The Bertz CT molecular complexity index is 442. The van der Waals surface area contributed by atoms with Gasteiger partial charge in [-0.3, -0.25) is 4.79 Å². The fraction of sp³-hybridized carbons (Fsp3) is 0.750. The van der Waals surface area contributed by atoms with Gasteiger partial charge in [0.15, 0.2) is 5.82 Å². The van der Waals surface area contributed by atoms with Crippen molar-refractivity contribution in [3.63, 3.8) is 0 Å². The van der Waals surface area contributed by atoms with Gasteiger partial charge in [-0.25, -0.2) is 0 Å². The third-order valence-electron chi connectivity index (χ3n) is 3.51. The van der Waals surface area contributed by atoms with Gasteiger partial charge in [-0.05, 0) is 12.8 Å². The number of carbonyl (C=O) groups is 1. The van der Waals surface area contributed by atoms with Crippen LogP contribution in [0, 0.1) is 0 Å². The summed E-state index contributed by atoms with van der Waals surface area (Å²) in [7, 11) is 1.64. The molecule has 18 heavy (non-hydrogen) atoms. The monoisotopic (exact) mass is 251 g/mol. The molecule has 6 heteroatoms. The second-order valence-electron chi connectivity index (χ2n) is 4.97. The van der Waals surface area contributed by atoms with Crippen LogP contribution in [0.1, 0.15) is 36.9 Å². The molecule has 2 fully saturated rings. The molecule has 2 heterocycles. The van der Waals surface area contributed by atoms with E-state index in [1.54, 1.807) is 7.11 Å². The maximum atomic E-state index is 11.8. The molecule has 1 aromatic rings. The van der Waals surface area contributed by atoms with Crippen LogP contribution in [0.4, 0.5) is 0 Å². The average molecular weight is 251 g/mol. The molecule has 98 valence electrons. The van der Waals surface area contributed by atoms with Crippen LogP contribution in [0.15, 0.2) is 4.52 Å². The molecule has 2 aliphatic rings. The Morgan fingerprint density at radius 1 is 1.50 bits per heavy atom. The molecule has 0 unspecified atom stereocenters. The van der Waals surface area contributed by atoms with Crippen LogP contribution in [0.3, 0.4) is 0 Å². The molecule has 0 N–H and O–H groups in total. The summed E-state index contributed by atoms with van der Waals surface area (Å²) in [6.07, 6.45) is 3.43. The van der Waals surface area contributed by atoms with Gasteiger partial charge in [-0.1, -0.05) is 5.16 Å². The molecule has 3 rings (SSSR count). The van der Waals surface area contributed by atoms with Gasteiger partial charge < -0.3 is 14.2 Å². The predicted octanol–water partition coefficient (Wildman–Crippen LogP) is 0.737. The van der Waals surface area contributed by atoms with Crippen LogP contribution in [-0.2, 0) is 16.0 Å². The number of carbonyl (C=O) groups excluding carboxylic acids is 1. The minimum atomic E-state index is 0.0712. The Balaban J connectivity index is 1.64. The van der Waals surface area contributed by atoms with Crippen LogP contribution in [0.25, 0.3) is 0 Å². The molecule has 1 atom stereocenters. The highest BCUT2D eigenvalue weighted by Crippen LogP contribution is 2.35. The number of ether oxygens (including phenoxy) is 1. The fourth-order valence-electron chi connectivity index (χ4n) is 2.36. The lowest BCUT2D eigenvalue weighted by Gasteiger charge is -2.13. The molecule has 0 radical (unpaired) electrons. The van der Waals surface area contributed by atoms with Crippen molar-refractivity contribution in [3.05, 3.63) is 11.7 Å². The third kappa shape index (κ3) is 2.25. The molecule has 1 aromatic heterocycles. The number of aromatic nitrogens is 2. The van der Waals surface area contributed by atoms with Gasteiger partial charge in [-0.15, -0.1) is 0 Å². The van der Waals surface area contributed by atoms with Crippen LogP contribution in [-0.4, -0.2) is 47.3 Å². The molecular weight excluding hydrogens is 234 g/mol. The maximum absolute atomic E-state index is 11.8. The van der Waals surface area contributed by atoms with Gasteiger partial charge in [0.1, 0.15) is 0 Å². The quantitative estimate of drug-likeness (QED) is 0.772. The van der Waals surface area contributed by atoms with Gasteiger partial charge in [0.2, 0.25) is 11.8 Å². The van der Waals surface area contributed by atoms with E-state index in [0.29, 0.717) is 37.2 Å². The van der Waals surface area contributed by atoms with Crippen molar-refractivity contribution in [2.24, 2.45) is 0 Å². The van der Waals surface area contributed by atoms with Crippen molar-refractivity contribution in [1.29, 1.82) is 0 Å². The van der Waals surface area contributed by atoms with Gasteiger partial charge in [-0.2, -0.15) is 4.98 Å². The predicted molar refractivity (Wildman–Crippen MR) is 62.0 cm³/mol. The molecule has 1 aliphatic heterocycles. The van der Waals surface area contributed by atoms with E-state index in [1.165, 1.54) is 0 Å². The molecule has 0 bridgehead atoms. The molecule has 1 amide bonds. The molecule has 1 saturated heterocycles. The second kappa shape index (κ2) is 4.68. The zero-order valence-electron chi connectivity index (χ0n) is 10.5. The SMILES string of the molecule is COCCc1noc([C@H]2CC(=O)N(C3CC3)C2)n1. The van der Waals surface area contributed by atoms with Crippen molar-refractivity contribution < 1.29 is 14.1 Å². The number of rotatable bonds is 5. The van der Waals surface area contributed by atoms with Crippen molar-refractivity contribution in [3.8, 4) is 0 Å². The van der Waals surface area contributed by atoms with Crippen molar-refractivity contribution in [2.75, 3.05) is 20.3 Å². The van der Waals surface area contributed by atoms with Gasteiger partial charge in [0.05, 0.1) is 12.5 Å². The van der Waals surface area contributed by atoms with E-state index in [4.69, 9.17) is 9.26 Å². The topological polar surface area (TPSA) is 68.5 Å². The highest BCUT2D eigenvalue weighted by atomic mass is 16.5. The Morgan fingerprint density at radius 3 is 3.06 bits per heavy atom. The summed E-state index contributed by atoms with van der Waals surface area (Å²) in [6, 6.07) is 0.471. The average Bonchev–Trinajstić information content (AvgIpc) is 2.97. The van der Waals surface area contributed by atoms with Crippen LogP contribution in [0.2, 0.25) is 0 Å². The molecule has 0 spiro atoms. The van der Waals surface area contributed by atoms with E-state index < -0.39 is 0 Å². The van der Waals surface area contributed by atoms with E-state index in [-0.39, 0.29) is 11.8 Å². The number of nitrogens with zero attached hydrogens (tertiary/aromatic N) is 3. The fourth-order valence-corrected chi connectivity index (χ4v) is 2.36. The number of amides is 1. The Hall–Kier alpha value is -1.43. The minimum absolute atomic E-state index is 0.0712. The van der Waals surface area contributed by atoms with Crippen LogP contribution >= 0.6 is 0 Å². The smallest absolute Gasteiger partial charge is 0.232 e. The Morgan fingerprint density at radius 2 is 2.33 bits per heavy atom. The molecule has 6 nitrogen and oxygen atoms in total. The normalized spacial score (nSPS) is 23.9. The van der Waals surface area contributed by atoms with Crippen molar-refractivity contribution in [2.45, 2.75) is 37.6 Å². The lowest BCUT2D eigenvalue weighted by atomic mass is 10.1. The Labute approximate surface area is 105 Å². The standard InChI is InChI=1S/C12H17N3O3/c1-17-5-4-10-13-12(18-14-10)8-6-11(16)15(7-8)9-2-3-9/h8-9H,2-7H2,1H3/t8-/m0/s1. The minimum Gasteiger partial charge on any atom is -0.384 e. The summed E-state index contributed by atoms with van der Waals surface area (Å²) < 4.78 is 10.2. The summed E-state index contributed by atoms with van der Waals surface area (Å²) in [4.78, 5) is 18.1. The van der Waals surface area contributed by atoms with Gasteiger partial charge in [0, 0.05) is 32.5 Å². The third-order valence-corrected chi connectivity index (χ3v) is 3.51. The first kappa shape index (κ1) is 11.6. The molecular formula is C12H17N3O3. The highest BCUT2D eigenvalue weighted by Gasteiger charge is 2.41. The summed E-state index contributed by atoms with van der Waals surface area (Å²) in [5.74, 6) is 1.54. The summed E-state index contributed by atoms with van der Waals surface area (Å²) >= 11 is 0. The van der Waals surface area contributed by atoms with E-state index in [9.17, 15) is 4.79 Å². The lowest BCUT2D eigenvalue weighted by molar-refractivity contribution is -0.128. The van der Waals surface area contributed by atoms with Gasteiger partial charge in [0.25, 0.3) is 0 Å². The van der Waals surface area contributed by atoms with E-state index >= 15 is 0 Å². The van der Waals surface area contributed by atoms with Crippen LogP contribution < -0.4 is 0 Å². The van der Waals surface area contributed by atoms with E-state index in [2.05, 4.69) is 10.1 Å². The zero-order chi connectivity index (χ0) is 12.5. The molecule has 0 aromatic carbocycles. The Kier molecular flexibility index (Phi) is 3.03. The van der Waals surface area contributed by atoms with Gasteiger partial charge >= 0.3 is 0 Å². The zero-order valence-corrected chi connectivity index (χ0v) is 10.5. The molecule has 1 aliphatic carbocycles. The number of hydrogen-bond donors (Lipinski definition) is 0. The van der Waals surface area contributed by atoms with E-state index in [0.717, 1.165) is 19.4 Å². The second-order valence-corrected chi connectivity index (χ2v) is 4.97. The first-order chi connectivity index (χ1) is 8.78. The number of methoxy groups -OCH3 is 1. The number of likely N-dealkylation sites (tertiary alicyclic amines) is 1. The van der Waals surface area contributed by atoms with Crippen molar-refractivity contribution in [1.82, 2.24) is 15.0 Å². The summed E-state index contributed by atoms with van der Waals surface area (Å²) in [5.41, 5.74) is 0. The first-order valence-corrected chi connectivity index (χ1v) is 6.39. The highest BCUT2D eigenvalue weighted by molar-refractivity contribution is 5.80. The summed E-state index contributed by atoms with van der Waals surface area (Å²) in [5, 5.41) is 3.91. The largest absolute Gasteiger partial charge is 0.384 e. The summed E-state index contributed by atoms with van der Waals surface area (Å²) in [6.45, 7) is 1.31. The van der Waals surface area contributed by atoms with E-state index in [1.807, 2.05) is 4.90 Å². The molecule has 1 saturated carbocycles. The number of hydrogen-bond acceptors (Lipinski definition) is 5. The first-order valence-electron chi connectivity index (χ1n) is 6.39. The van der Waals surface area contributed by atoms with Crippen molar-refractivity contribution >= 4 is 5.91 Å². The maximum Gasteiger partial charge on any atom is 0.232 e. The lowest BCUT2D eigenvalue weighted by Crippen LogP contribution is -2.27.